The van der Waals surface area contributed by atoms with E-state index in [1.165, 1.54) is 18.8 Å². The molecule has 94 valence electrons. The molecule has 4 radical (unpaired) electrons. The second-order valence-electron chi connectivity index (χ2n) is 3.41. The van der Waals surface area contributed by atoms with Crippen LogP contribution in [0, 0.1) is 50.5 Å². The second kappa shape index (κ2) is 21.2. The summed E-state index contributed by atoms with van der Waals surface area (Å²) in [5.74, 6) is 3.86. The summed E-state index contributed by atoms with van der Waals surface area (Å²) in [4.78, 5) is 0. The Bertz CT molecular complexity index is 174. The molecule has 0 amide bonds. The van der Waals surface area contributed by atoms with Gasteiger partial charge in [-0.2, -0.15) is 0 Å². The minimum absolute atomic E-state index is 0. The molecule has 4 heteroatoms. The molecule has 0 heterocycles. The summed E-state index contributed by atoms with van der Waals surface area (Å²) in [5.41, 5.74) is 0. The van der Waals surface area contributed by atoms with E-state index in [0.29, 0.717) is 0 Å². The second-order valence-corrected chi connectivity index (χ2v) is 3.41. The van der Waals surface area contributed by atoms with Gasteiger partial charge < -0.3 is 0 Å². The van der Waals surface area contributed by atoms with Crippen molar-refractivity contribution in [2.75, 3.05) is 0 Å². The number of hydrogen-bond donors (Lipinski definition) is 0. The van der Waals surface area contributed by atoms with Crippen molar-refractivity contribution in [2.24, 2.45) is 5.92 Å². The molecule has 1 aliphatic carbocycles. The van der Waals surface area contributed by atoms with E-state index < -0.39 is 0 Å². The minimum atomic E-state index is 0. The van der Waals surface area contributed by atoms with Gasteiger partial charge >= 0.3 is 33.9 Å². The monoisotopic (exact) mass is 322 g/mol. The molecule has 0 aliphatic heterocycles. The van der Waals surface area contributed by atoms with Crippen molar-refractivity contribution in [3.63, 3.8) is 0 Å². The largest absolute Gasteiger partial charge is 0 e. The van der Waals surface area contributed by atoms with E-state index in [1.54, 1.807) is 5.92 Å². The SMILES string of the molecule is C[C]1[CH][CH][C](C(C)C)CC1.[C-]#[O+].[C-]#[O+].[C-]#[O+].[Ru]. The summed E-state index contributed by atoms with van der Waals surface area (Å²) >= 11 is 0. The first-order chi connectivity index (χ1) is 7.70. The van der Waals surface area contributed by atoms with Gasteiger partial charge in [0.25, 0.3) is 0 Å². The summed E-state index contributed by atoms with van der Waals surface area (Å²) in [5, 5.41) is 0. The predicted octanol–water partition coefficient (Wildman–Crippen LogP) is 2.90. The van der Waals surface area contributed by atoms with Crippen LogP contribution in [0.4, 0.5) is 0 Å². The Morgan fingerprint density at radius 1 is 0.941 bits per heavy atom. The average Bonchev–Trinajstić information content (AvgIpc) is 2.37. The van der Waals surface area contributed by atoms with Gasteiger partial charge in [-0.3, -0.25) is 0 Å². The van der Waals surface area contributed by atoms with E-state index in [0.717, 1.165) is 5.92 Å². The van der Waals surface area contributed by atoms with E-state index in [9.17, 15) is 0 Å². The average molecular weight is 321 g/mol. The van der Waals surface area contributed by atoms with Gasteiger partial charge in [0.05, 0.1) is 0 Å². The quantitative estimate of drug-likeness (QED) is 0.405. The molecule has 17 heavy (non-hydrogen) atoms. The maximum absolute atomic E-state index is 7.50. The normalized spacial score (nSPS) is 14.5. The maximum Gasteiger partial charge on any atom is 0 e. The van der Waals surface area contributed by atoms with Crippen LogP contribution in [0.1, 0.15) is 33.6 Å². The molecule has 0 N–H and O–H groups in total. The fraction of sp³-hybridized carbons (Fsp3) is 0.462. The van der Waals surface area contributed by atoms with Crippen molar-refractivity contribution in [3.05, 3.63) is 44.6 Å². The Kier molecular flexibility index (Phi) is 31.9. The van der Waals surface area contributed by atoms with E-state index in [1.807, 2.05) is 0 Å². The van der Waals surface area contributed by atoms with Crippen LogP contribution in [0.25, 0.3) is 0 Å². The Morgan fingerprint density at radius 2 is 1.35 bits per heavy atom. The van der Waals surface area contributed by atoms with Gasteiger partial charge in [-0.15, -0.1) is 0 Å². The fourth-order valence-corrected chi connectivity index (χ4v) is 1.24. The van der Waals surface area contributed by atoms with Crippen LogP contribution in [0.2, 0.25) is 0 Å². The zero-order valence-electron chi connectivity index (χ0n) is 10.2. The zero-order chi connectivity index (χ0) is 13.6. The minimum Gasteiger partial charge on any atom is 0 e. The third-order valence-electron chi connectivity index (χ3n) is 2.13. The molecule has 1 rings (SSSR count). The topological polar surface area (TPSA) is 59.7 Å². The molecule has 0 aromatic carbocycles. The predicted molar refractivity (Wildman–Crippen MR) is 56.6 cm³/mol. The van der Waals surface area contributed by atoms with Crippen LogP contribution in [0.5, 0.6) is 0 Å². The molecule has 0 atom stereocenters. The molecule has 0 aromatic heterocycles. The van der Waals surface area contributed by atoms with E-state index >= 15 is 0 Å². The van der Waals surface area contributed by atoms with Crippen molar-refractivity contribution in [2.45, 2.75) is 33.6 Å². The molecule has 1 fully saturated rings. The maximum atomic E-state index is 7.50. The van der Waals surface area contributed by atoms with Gasteiger partial charge in [0.2, 0.25) is 0 Å². The van der Waals surface area contributed by atoms with Gasteiger partial charge in [-0.25, -0.2) is 0 Å². The van der Waals surface area contributed by atoms with Gasteiger partial charge in [-0.1, -0.05) is 20.8 Å². The van der Waals surface area contributed by atoms with Crippen molar-refractivity contribution in [1.82, 2.24) is 0 Å². The van der Waals surface area contributed by atoms with Crippen molar-refractivity contribution in [1.29, 1.82) is 0 Å². The Hall–Kier alpha value is -0.157. The van der Waals surface area contributed by atoms with Gasteiger partial charge in [0.15, 0.2) is 0 Å². The van der Waals surface area contributed by atoms with Gasteiger partial charge in [-0.05, 0) is 43.4 Å². The summed E-state index contributed by atoms with van der Waals surface area (Å²) in [6, 6.07) is 0. The van der Waals surface area contributed by atoms with E-state index in [-0.39, 0.29) is 19.5 Å². The summed E-state index contributed by atoms with van der Waals surface area (Å²) in [6.07, 6.45) is 7.08. The van der Waals surface area contributed by atoms with Crippen molar-refractivity contribution >= 4 is 0 Å². The number of rotatable bonds is 1. The Morgan fingerprint density at radius 3 is 1.59 bits per heavy atom. The van der Waals surface area contributed by atoms with Crippen LogP contribution >= 0.6 is 0 Å². The molecule has 1 aliphatic rings. The Balaban J connectivity index is -0.000000106. The number of hydrogen-bond acceptors (Lipinski definition) is 0. The molecule has 0 unspecified atom stereocenters. The molecule has 0 bridgehead atoms. The molecule has 0 aromatic rings. The van der Waals surface area contributed by atoms with Gasteiger partial charge in [0.1, 0.15) is 0 Å². The van der Waals surface area contributed by atoms with E-state index in [2.05, 4.69) is 53.6 Å². The van der Waals surface area contributed by atoms with Gasteiger partial charge in [0, 0.05) is 19.5 Å². The standard InChI is InChI=1S/C10H16.3CO.Ru/c1-8(2)10-6-4-9(3)5-7-10;3*1-2;/h4,6,8H,5,7H2,1-3H3;;;;. The first kappa shape index (κ1) is 25.6. The first-order valence-electron chi connectivity index (χ1n) is 4.67. The third kappa shape index (κ3) is 15.8. The third-order valence-corrected chi connectivity index (χ3v) is 2.13. The first-order valence-corrected chi connectivity index (χ1v) is 4.67. The van der Waals surface area contributed by atoms with Crippen LogP contribution in [0.3, 0.4) is 0 Å². The summed E-state index contributed by atoms with van der Waals surface area (Å²) in [7, 11) is 0. The summed E-state index contributed by atoms with van der Waals surface area (Å²) in [6.45, 7) is 20.2. The molecule has 3 nitrogen and oxygen atoms in total. The molecular formula is C13H16O3Ru. The molecule has 1 saturated carbocycles. The van der Waals surface area contributed by atoms with Crippen molar-refractivity contribution in [3.8, 4) is 0 Å². The van der Waals surface area contributed by atoms with Crippen LogP contribution < -0.4 is 0 Å². The fourth-order valence-electron chi connectivity index (χ4n) is 1.24. The zero-order valence-corrected chi connectivity index (χ0v) is 12.0. The molecular weight excluding hydrogens is 305 g/mol. The van der Waals surface area contributed by atoms with Crippen LogP contribution in [0.15, 0.2) is 0 Å². The van der Waals surface area contributed by atoms with Crippen molar-refractivity contribution < 1.29 is 33.4 Å². The van der Waals surface area contributed by atoms with E-state index in [4.69, 9.17) is 14.0 Å². The Labute approximate surface area is 118 Å². The van der Waals surface area contributed by atoms with Crippen LogP contribution in [-0.2, 0) is 33.4 Å². The molecule has 0 spiro atoms. The smallest absolute Gasteiger partial charge is 0 e. The van der Waals surface area contributed by atoms with Crippen LogP contribution in [-0.4, -0.2) is 0 Å². The summed E-state index contributed by atoms with van der Waals surface area (Å²) < 4.78 is 22.5. The molecule has 0 saturated heterocycles.